The molecule has 0 bridgehead atoms. The van der Waals surface area contributed by atoms with Gasteiger partial charge in [0.1, 0.15) is 15.9 Å². The van der Waals surface area contributed by atoms with Crippen molar-refractivity contribution in [3.8, 4) is 5.69 Å². The van der Waals surface area contributed by atoms with Crippen LogP contribution < -0.4 is 5.32 Å². The minimum absolute atomic E-state index is 0.220. The molecule has 0 spiro atoms. The Morgan fingerprint density at radius 2 is 2.24 bits per heavy atom. The molecule has 1 amide bonds. The zero-order valence-corrected chi connectivity index (χ0v) is 15.6. The molecular formula is C17H17FN4OS2. The molecular weight excluding hydrogens is 359 g/mol. The Kier molecular flexibility index (Phi) is 5.19. The van der Waals surface area contributed by atoms with Gasteiger partial charge in [0.2, 0.25) is 0 Å². The van der Waals surface area contributed by atoms with E-state index in [2.05, 4.69) is 15.4 Å². The largest absolute Gasteiger partial charge is 0.344 e. The van der Waals surface area contributed by atoms with E-state index >= 15 is 0 Å². The van der Waals surface area contributed by atoms with Gasteiger partial charge in [0.05, 0.1) is 17.9 Å². The summed E-state index contributed by atoms with van der Waals surface area (Å²) < 4.78 is 16.0. The Morgan fingerprint density at radius 1 is 1.44 bits per heavy atom. The minimum Gasteiger partial charge on any atom is -0.344 e. The molecule has 1 unspecified atom stereocenters. The molecule has 0 fully saturated rings. The standard InChI is InChI=1S/C17H17FN4OS2/c1-10(20-16(23)15-9-25-17(21-15)24-3)14-8-19-22(11(14)2)13-6-4-5-12(18)7-13/h4-10H,1-3H3,(H,20,23). The third-order valence-corrected chi connectivity index (χ3v) is 5.67. The van der Waals surface area contributed by atoms with Gasteiger partial charge >= 0.3 is 0 Å². The van der Waals surface area contributed by atoms with Crippen LogP contribution in [-0.4, -0.2) is 26.9 Å². The second-order valence-corrected chi connectivity index (χ2v) is 7.39. The van der Waals surface area contributed by atoms with Crippen LogP contribution in [0.3, 0.4) is 0 Å². The van der Waals surface area contributed by atoms with Gasteiger partial charge in [-0.05, 0) is 38.3 Å². The fourth-order valence-corrected chi connectivity index (χ4v) is 3.76. The smallest absolute Gasteiger partial charge is 0.271 e. The lowest BCUT2D eigenvalue weighted by atomic mass is 10.1. The third-order valence-electron chi connectivity index (χ3n) is 3.81. The van der Waals surface area contributed by atoms with Gasteiger partial charge in [-0.3, -0.25) is 4.79 Å². The van der Waals surface area contributed by atoms with Gasteiger partial charge in [-0.25, -0.2) is 14.1 Å². The van der Waals surface area contributed by atoms with Crippen molar-refractivity contribution in [3.63, 3.8) is 0 Å². The van der Waals surface area contributed by atoms with Crippen LogP contribution in [0.4, 0.5) is 4.39 Å². The molecule has 2 aromatic heterocycles. The fourth-order valence-electron chi connectivity index (χ4n) is 2.52. The molecule has 8 heteroatoms. The van der Waals surface area contributed by atoms with Crippen LogP contribution in [0, 0.1) is 12.7 Å². The SMILES string of the molecule is CSc1nc(C(=O)NC(C)c2cnn(-c3cccc(F)c3)c2C)cs1. The Bertz CT molecular complexity index is 906. The maximum atomic E-state index is 13.4. The molecule has 0 radical (unpaired) electrons. The number of nitrogens with zero attached hydrogens (tertiary/aromatic N) is 3. The van der Waals surface area contributed by atoms with E-state index in [4.69, 9.17) is 0 Å². The Balaban J connectivity index is 1.79. The number of amides is 1. The highest BCUT2D eigenvalue weighted by Gasteiger charge is 2.18. The lowest BCUT2D eigenvalue weighted by Gasteiger charge is -2.13. The molecule has 0 aliphatic rings. The fraction of sp³-hybridized carbons (Fsp3) is 0.235. The number of thioether (sulfide) groups is 1. The molecule has 1 N–H and O–H groups in total. The van der Waals surface area contributed by atoms with Crippen LogP contribution in [0.1, 0.15) is 34.7 Å². The molecule has 2 heterocycles. The number of hydrogen-bond acceptors (Lipinski definition) is 5. The second-order valence-electron chi connectivity index (χ2n) is 5.47. The molecule has 0 saturated heterocycles. The minimum atomic E-state index is -0.316. The van der Waals surface area contributed by atoms with E-state index < -0.39 is 0 Å². The molecule has 3 rings (SSSR count). The van der Waals surface area contributed by atoms with Gasteiger partial charge in [-0.1, -0.05) is 17.8 Å². The van der Waals surface area contributed by atoms with Crippen LogP contribution >= 0.6 is 23.1 Å². The molecule has 130 valence electrons. The molecule has 1 atom stereocenters. The summed E-state index contributed by atoms with van der Waals surface area (Å²) in [6.07, 6.45) is 3.62. The summed E-state index contributed by atoms with van der Waals surface area (Å²) in [7, 11) is 0. The van der Waals surface area contributed by atoms with Crippen molar-refractivity contribution in [2.45, 2.75) is 24.2 Å². The van der Waals surface area contributed by atoms with Gasteiger partial charge in [0.25, 0.3) is 5.91 Å². The summed E-state index contributed by atoms with van der Waals surface area (Å²) >= 11 is 2.96. The van der Waals surface area contributed by atoms with Gasteiger partial charge < -0.3 is 5.32 Å². The van der Waals surface area contributed by atoms with Crippen molar-refractivity contribution in [1.82, 2.24) is 20.1 Å². The predicted molar refractivity (Wildman–Crippen MR) is 98.0 cm³/mol. The van der Waals surface area contributed by atoms with Gasteiger partial charge in [0.15, 0.2) is 0 Å². The number of carbonyl (C=O) groups is 1. The Morgan fingerprint density at radius 3 is 2.92 bits per heavy atom. The molecule has 0 aliphatic carbocycles. The normalized spacial score (nSPS) is 12.2. The molecule has 0 saturated carbocycles. The number of hydrogen-bond donors (Lipinski definition) is 1. The van der Waals surface area contributed by atoms with Crippen molar-refractivity contribution in [3.05, 3.63) is 58.6 Å². The lowest BCUT2D eigenvalue weighted by Crippen LogP contribution is -2.27. The number of thiazole rings is 1. The average molecular weight is 376 g/mol. The molecule has 1 aromatic carbocycles. The van der Waals surface area contributed by atoms with Gasteiger partial charge in [0, 0.05) is 16.6 Å². The predicted octanol–water partition coefficient (Wildman–Crippen LogP) is 3.99. The van der Waals surface area contributed by atoms with E-state index in [0.29, 0.717) is 11.4 Å². The summed E-state index contributed by atoms with van der Waals surface area (Å²) in [5.41, 5.74) is 2.78. The van der Waals surface area contributed by atoms with Crippen molar-refractivity contribution in [2.75, 3.05) is 6.26 Å². The number of aromatic nitrogens is 3. The zero-order chi connectivity index (χ0) is 18.0. The number of rotatable bonds is 5. The summed E-state index contributed by atoms with van der Waals surface area (Å²) in [5.74, 6) is -0.537. The first-order valence-corrected chi connectivity index (χ1v) is 9.71. The summed E-state index contributed by atoms with van der Waals surface area (Å²) in [6, 6.07) is 6.00. The maximum Gasteiger partial charge on any atom is 0.271 e. The summed E-state index contributed by atoms with van der Waals surface area (Å²) in [4.78, 5) is 16.6. The summed E-state index contributed by atoms with van der Waals surface area (Å²) in [5, 5.41) is 9.01. The highest BCUT2D eigenvalue weighted by molar-refractivity contribution is 8.00. The quantitative estimate of drug-likeness (QED) is 0.684. The van der Waals surface area contributed by atoms with Crippen LogP contribution in [0.5, 0.6) is 0 Å². The topological polar surface area (TPSA) is 59.8 Å². The highest BCUT2D eigenvalue weighted by atomic mass is 32.2. The van der Waals surface area contributed by atoms with Crippen LogP contribution in [0.15, 0.2) is 40.2 Å². The van der Waals surface area contributed by atoms with Crippen molar-refractivity contribution in [1.29, 1.82) is 0 Å². The van der Waals surface area contributed by atoms with E-state index in [0.717, 1.165) is 15.6 Å². The van der Waals surface area contributed by atoms with E-state index in [9.17, 15) is 9.18 Å². The second kappa shape index (κ2) is 7.37. The first kappa shape index (κ1) is 17.6. The van der Waals surface area contributed by atoms with Crippen LogP contribution in [0.25, 0.3) is 5.69 Å². The lowest BCUT2D eigenvalue weighted by molar-refractivity contribution is 0.0935. The third kappa shape index (κ3) is 3.74. The zero-order valence-electron chi connectivity index (χ0n) is 14.0. The maximum absolute atomic E-state index is 13.4. The number of halogens is 1. The Labute approximate surface area is 153 Å². The Hall–Kier alpha value is -2.19. The molecule has 25 heavy (non-hydrogen) atoms. The van der Waals surface area contributed by atoms with E-state index in [1.807, 2.05) is 20.1 Å². The highest BCUT2D eigenvalue weighted by Crippen LogP contribution is 2.23. The van der Waals surface area contributed by atoms with Gasteiger partial charge in [-0.2, -0.15) is 5.10 Å². The number of carbonyl (C=O) groups excluding carboxylic acids is 1. The van der Waals surface area contributed by atoms with E-state index in [-0.39, 0.29) is 17.8 Å². The van der Waals surface area contributed by atoms with Crippen molar-refractivity contribution in [2.24, 2.45) is 0 Å². The molecule has 3 aromatic rings. The van der Waals surface area contributed by atoms with Crippen molar-refractivity contribution < 1.29 is 9.18 Å². The van der Waals surface area contributed by atoms with Crippen LogP contribution in [-0.2, 0) is 0 Å². The number of benzene rings is 1. The average Bonchev–Trinajstić information content (AvgIpc) is 3.21. The van der Waals surface area contributed by atoms with Crippen molar-refractivity contribution >= 4 is 29.0 Å². The van der Waals surface area contributed by atoms with Crippen LogP contribution in [0.2, 0.25) is 0 Å². The summed E-state index contributed by atoms with van der Waals surface area (Å²) in [6.45, 7) is 3.78. The molecule has 5 nitrogen and oxygen atoms in total. The van der Waals surface area contributed by atoms with E-state index in [1.54, 1.807) is 28.4 Å². The number of nitrogens with one attached hydrogen (secondary N) is 1. The first-order valence-electron chi connectivity index (χ1n) is 7.60. The first-order chi connectivity index (χ1) is 12.0. The van der Waals surface area contributed by atoms with Gasteiger partial charge in [-0.15, -0.1) is 11.3 Å². The monoisotopic (exact) mass is 376 g/mol. The molecule has 0 aliphatic heterocycles. The van der Waals surface area contributed by atoms with E-state index in [1.165, 1.54) is 35.2 Å².